The molecule has 1 saturated heterocycles. The Balaban J connectivity index is 2.26. The number of ether oxygens (including phenoxy) is 1. The summed E-state index contributed by atoms with van der Waals surface area (Å²) in [6, 6.07) is 6.75. The molecule has 1 aromatic rings. The van der Waals surface area contributed by atoms with Crippen LogP contribution in [0.2, 0.25) is 0 Å². The number of hydrogen-bond donors (Lipinski definition) is 0. The van der Waals surface area contributed by atoms with Crippen LogP contribution in [0.5, 0.6) is 5.75 Å². The van der Waals surface area contributed by atoms with Crippen molar-refractivity contribution in [2.24, 2.45) is 11.3 Å². The minimum absolute atomic E-state index is 0.00498. The van der Waals surface area contributed by atoms with Gasteiger partial charge < -0.3 is 4.74 Å². The van der Waals surface area contributed by atoms with Gasteiger partial charge in [-0.15, -0.1) is 0 Å². The SMILES string of the molecule is COc1ccc(S(=O)(=O)N2CC(C)(C)CC2C(C)CCC=C(C)C)cc1. The second-order valence-electron chi connectivity index (χ2n) is 8.50. The Hall–Kier alpha value is -1.33. The first-order valence-electron chi connectivity index (χ1n) is 9.36. The van der Waals surface area contributed by atoms with Gasteiger partial charge in [0.25, 0.3) is 0 Å². The van der Waals surface area contributed by atoms with E-state index >= 15 is 0 Å². The van der Waals surface area contributed by atoms with Gasteiger partial charge in [0, 0.05) is 12.6 Å². The van der Waals surface area contributed by atoms with Crippen LogP contribution < -0.4 is 4.74 Å². The molecule has 146 valence electrons. The van der Waals surface area contributed by atoms with Crippen molar-refractivity contribution in [1.29, 1.82) is 0 Å². The number of benzene rings is 1. The van der Waals surface area contributed by atoms with Gasteiger partial charge in [-0.25, -0.2) is 8.42 Å². The van der Waals surface area contributed by atoms with Crippen LogP contribution >= 0.6 is 0 Å². The first-order valence-corrected chi connectivity index (χ1v) is 10.8. The molecule has 0 aliphatic carbocycles. The molecular formula is C21H33NO3S. The Kier molecular flexibility index (Phi) is 6.56. The van der Waals surface area contributed by atoms with Crippen molar-refractivity contribution in [3.8, 4) is 5.75 Å². The topological polar surface area (TPSA) is 46.6 Å². The third-order valence-electron chi connectivity index (χ3n) is 5.21. The summed E-state index contributed by atoms with van der Waals surface area (Å²) >= 11 is 0. The zero-order chi connectivity index (χ0) is 19.5. The Morgan fingerprint density at radius 3 is 2.46 bits per heavy atom. The summed E-state index contributed by atoms with van der Waals surface area (Å²) in [5.74, 6) is 0.984. The van der Waals surface area contributed by atoms with Crippen LogP contribution in [-0.2, 0) is 10.0 Å². The molecule has 0 amide bonds. The summed E-state index contributed by atoms with van der Waals surface area (Å²) in [7, 11) is -1.93. The summed E-state index contributed by atoms with van der Waals surface area (Å²) in [6.45, 7) is 11.3. The maximum absolute atomic E-state index is 13.3. The highest BCUT2D eigenvalue weighted by atomic mass is 32.2. The van der Waals surface area contributed by atoms with Crippen molar-refractivity contribution in [3.05, 3.63) is 35.9 Å². The summed E-state index contributed by atoms with van der Waals surface area (Å²) < 4.78 is 33.5. The number of sulfonamides is 1. The van der Waals surface area contributed by atoms with Crippen molar-refractivity contribution >= 4 is 10.0 Å². The molecule has 26 heavy (non-hydrogen) atoms. The van der Waals surface area contributed by atoms with E-state index in [-0.39, 0.29) is 11.5 Å². The van der Waals surface area contributed by atoms with Gasteiger partial charge in [-0.1, -0.05) is 32.4 Å². The fraction of sp³-hybridized carbons (Fsp3) is 0.619. The van der Waals surface area contributed by atoms with E-state index in [1.165, 1.54) is 5.57 Å². The summed E-state index contributed by atoms with van der Waals surface area (Å²) in [5.41, 5.74) is 1.31. The van der Waals surface area contributed by atoms with Gasteiger partial charge in [-0.05, 0) is 68.7 Å². The lowest BCUT2D eigenvalue weighted by atomic mass is 9.85. The molecule has 1 aliphatic heterocycles. The molecule has 0 radical (unpaired) electrons. The molecule has 0 bridgehead atoms. The quantitative estimate of drug-likeness (QED) is 0.635. The minimum atomic E-state index is -3.51. The number of rotatable bonds is 7. The predicted octanol–water partition coefficient (Wildman–Crippen LogP) is 4.87. The van der Waals surface area contributed by atoms with E-state index in [9.17, 15) is 8.42 Å². The summed E-state index contributed by atoms with van der Waals surface area (Å²) in [4.78, 5) is 0.345. The van der Waals surface area contributed by atoms with E-state index in [4.69, 9.17) is 4.74 Å². The van der Waals surface area contributed by atoms with E-state index in [1.807, 2.05) is 0 Å². The van der Waals surface area contributed by atoms with Crippen LogP contribution in [0.15, 0.2) is 40.8 Å². The van der Waals surface area contributed by atoms with Crippen molar-refractivity contribution in [2.45, 2.75) is 64.8 Å². The Bertz CT molecular complexity index is 731. The first-order chi connectivity index (χ1) is 12.1. The number of allylic oxidation sites excluding steroid dienone is 2. The molecule has 0 aromatic heterocycles. The van der Waals surface area contributed by atoms with Crippen molar-refractivity contribution in [3.63, 3.8) is 0 Å². The zero-order valence-electron chi connectivity index (χ0n) is 17.0. The smallest absolute Gasteiger partial charge is 0.243 e. The zero-order valence-corrected chi connectivity index (χ0v) is 17.8. The fourth-order valence-electron chi connectivity index (χ4n) is 3.73. The molecule has 4 nitrogen and oxygen atoms in total. The maximum atomic E-state index is 13.3. The van der Waals surface area contributed by atoms with Crippen LogP contribution in [0, 0.1) is 11.3 Å². The van der Waals surface area contributed by atoms with Crippen LogP contribution in [0.25, 0.3) is 0 Å². The lowest BCUT2D eigenvalue weighted by Crippen LogP contribution is -2.39. The molecule has 2 rings (SSSR count). The molecule has 0 N–H and O–H groups in total. The number of hydrogen-bond acceptors (Lipinski definition) is 3. The number of nitrogens with zero attached hydrogens (tertiary/aromatic N) is 1. The van der Waals surface area contributed by atoms with E-state index in [2.05, 4.69) is 40.7 Å². The lowest BCUT2D eigenvalue weighted by molar-refractivity contribution is 0.289. The van der Waals surface area contributed by atoms with Gasteiger partial charge in [0.05, 0.1) is 12.0 Å². The van der Waals surface area contributed by atoms with E-state index in [0.717, 1.165) is 19.3 Å². The average Bonchev–Trinajstić information content (AvgIpc) is 2.91. The first kappa shape index (κ1) is 21.0. The van der Waals surface area contributed by atoms with Gasteiger partial charge in [0.15, 0.2) is 0 Å². The molecule has 1 aliphatic rings. The van der Waals surface area contributed by atoms with E-state index < -0.39 is 10.0 Å². The third-order valence-corrected chi connectivity index (χ3v) is 7.10. The molecule has 5 heteroatoms. The average molecular weight is 380 g/mol. The molecular weight excluding hydrogens is 346 g/mol. The summed E-state index contributed by atoms with van der Waals surface area (Å²) in [5, 5.41) is 0. The highest BCUT2D eigenvalue weighted by Gasteiger charge is 2.45. The maximum Gasteiger partial charge on any atom is 0.243 e. The molecule has 1 aromatic carbocycles. The Morgan fingerprint density at radius 2 is 1.92 bits per heavy atom. The standard InChI is InChI=1S/C21H33NO3S/c1-16(2)8-7-9-17(3)20-14-21(4,5)15-22(20)26(23,24)19-12-10-18(25-6)11-13-19/h8,10-13,17,20H,7,9,14-15H2,1-6H3. The van der Waals surface area contributed by atoms with E-state index in [0.29, 0.717) is 23.1 Å². The minimum Gasteiger partial charge on any atom is -0.497 e. The monoisotopic (exact) mass is 379 g/mol. The molecule has 1 heterocycles. The molecule has 2 unspecified atom stereocenters. The van der Waals surface area contributed by atoms with Crippen molar-refractivity contribution in [2.75, 3.05) is 13.7 Å². The normalized spacial score (nSPS) is 21.4. The molecule has 2 atom stereocenters. The summed E-state index contributed by atoms with van der Waals surface area (Å²) in [6.07, 6.45) is 5.13. The highest BCUT2D eigenvalue weighted by molar-refractivity contribution is 7.89. The molecule has 0 saturated carbocycles. The molecule has 1 fully saturated rings. The number of methoxy groups -OCH3 is 1. The van der Waals surface area contributed by atoms with Gasteiger partial charge in [-0.2, -0.15) is 4.31 Å². The van der Waals surface area contributed by atoms with Gasteiger partial charge >= 0.3 is 0 Å². The Labute approximate surface area is 159 Å². The van der Waals surface area contributed by atoms with Gasteiger partial charge in [-0.3, -0.25) is 0 Å². The van der Waals surface area contributed by atoms with Gasteiger partial charge in [0.2, 0.25) is 10.0 Å². The largest absolute Gasteiger partial charge is 0.497 e. The van der Waals surface area contributed by atoms with Crippen molar-refractivity contribution < 1.29 is 13.2 Å². The van der Waals surface area contributed by atoms with Gasteiger partial charge in [0.1, 0.15) is 5.75 Å². The van der Waals surface area contributed by atoms with Crippen molar-refractivity contribution in [1.82, 2.24) is 4.31 Å². The molecule has 0 spiro atoms. The second-order valence-corrected chi connectivity index (χ2v) is 10.4. The fourth-order valence-corrected chi connectivity index (χ4v) is 5.64. The van der Waals surface area contributed by atoms with Crippen LogP contribution in [0.3, 0.4) is 0 Å². The highest BCUT2D eigenvalue weighted by Crippen LogP contribution is 2.41. The lowest BCUT2D eigenvalue weighted by Gasteiger charge is -2.28. The Morgan fingerprint density at radius 1 is 1.31 bits per heavy atom. The van der Waals surface area contributed by atoms with Crippen LogP contribution in [-0.4, -0.2) is 32.4 Å². The van der Waals surface area contributed by atoms with E-state index in [1.54, 1.807) is 35.7 Å². The predicted molar refractivity (Wildman–Crippen MR) is 107 cm³/mol. The van der Waals surface area contributed by atoms with Crippen LogP contribution in [0.4, 0.5) is 0 Å². The second kappa shape index (κ2) is 8.13. The third kappa shape index (κ3) is 4.89. The van der Waals surface area contributed by atoms with Crippen LogP contribution in [0.1, 0.15) is 53.9 Å².